The Balaban J connectivity index is 1.02. The van der Waals surface area contributed by atoms with Crippen LogP contribution in [-0.4, -0.2) is 0 Å². The summed E-state index contributed by atoms with van der Waals surface area (Å²) in [5, 5.41) is 2.46. The van der Waals surface area contributed by atoms with Gasteiger partial charge in [0.15, 0.2) is 0 Å². The SMILES string of the molecule is CC1(C)c2ccccc2-c2ccc(N(c3ccc4c(c3)C(C)(C)c3ccccc3-4)c3ccc(-c4cccc5c4C4(c6ccccc6-c6ccccc64)c4ccccc4-5)c4ccccc34)cc21. The zero-order valence-corrected chi connectivity index (χ0v) is 37.7. The van der Waals surface area contributed by atoms with Crippen molar-refractivity contribution in [2.24, 2.45) is 0 Å². The molecule has 0 amide bonds. The van der Waals surface area contributed by atoms with Crippen molar-refractivity contribution in [1.29, 1.82) is 0 Å². The summed E-state index contributed by atoms with van der Waals surface area (Å²) in [5.41, 5.74) is 26.8. The van der Waals surface area contributed by atoms with Crippen LogP contribution in [0.15, 0.2) is 212 Å². The van der Waals surface area contributed by atoms with Crippen LogP contribution in [0.1, 0.15) is 72.2 Å². The van der Waals surface area contributed by atoms with E-state index in [1.54, 1.807) is 0 Å². The number of hydrogen-bond acceptors (Lipinski definition) is 1. The van der Waals surface area contributed by atoms with E-state index in [1.807, 2.05) is 0 Å². The smallest absolute Gasteiger partial charge is 0.0731 e. The van der Waals surface area contributed by atoms with E-state index in [2.05, 4.69) is 245 Å². The first-order valence-electron chi connectivity index (χ1n) is 23.5. The average molecular weight is 842 g/mol. The Kier molecular flexibility index (Phi) is 7.51. The van der Waals surface area contributed by atoms with Crippen LogP contribution in [-0.2, 0) is 16.2 Å². The topological polar surface area (TPSA) is 3.24 Å². The molecule has 0 saturated heterocycles. The zero-order valence-electron chi connectivity index (χ0n) is 37.7. The maximum Gasteiger partial charge on any atom is 0.0731 e. The van der Waals surface area contributed by atoms with Gasteiger partial charge in [0.2, 0.25) is 0 Å². The highest BCUT2D eigenvalue weighted by Gasteiger charge is 2.52. The molecule has 312 valence electrons. The molecule has 0 aliphatic heterocycles. The van der Waals surface area contributed by atoms with Crippen molar-refractivity contribution in [3.8, 4) is 55.6 Å². The third-order valence-electron chi connectivity index (χ3n) is 16.1. The number of hydrogen-bond donors (Lipinski definition) is 0. The van der Waals surface area contributed by atoms with Crippen molar-refractivity contribution in [3.05, 3.63) is 257 Å². The monoisotopic (exact) mass is 841 g/mol. The normalized spacial score (nSPS) is 15.3. The van der Waals surface area contributed by atoms with Gasteiger partial charge in [0.05, 0.1) is 11.1 Å². The Morgan fingerprint density at radius 2 is 0.621 bits per heavy atom. The molecule has 10 aromatic rings. The summed E-state index contributed by atoms with van der Waals surface area (Å²) in [5.74, 6) is 0. The maximum absolute atomic E-state index is 2.54. The minimum atomic E-state index is -0.453. The first-order chi connectivity index (χ1) is 32.3. The molecular formula is C65H47N. The van der Waals surface area contributed by atoms with E-state index in [0.29, 0.717) is 0 Å². The molecular weight excluding hydrogens is 795 g/mol. The first-order valence-corrected chi connectivity index (χ1v) is 23.5. The highest BCUT2D eigenvalue weighted by Crippen LogP contribution is 2.65. The van der Waals surface area contributed by atoms with Crippen LogP contribution in [0.5, 0.6) is 0 Å². The lowest BCUT2D eigenvalue weighted by Crippen LogP contribution is -2.26. The van der Waals surface area contributed by atoms with Gasteiger partial charge in [-0.1, -0.05) is 210 Å². The van der Waals surface area contributed by atoms with Gasteiger partial charge < -0.3 is 4.90 Å². The Morgan fingerprint density at radius 1 is 0.273 bits per heavy atom. The highest BCUT2D eigenvalue weighted by atomic mass is 15.1. The summed E-state index contributed by atoms with van der Waals surface area (Å²) < 4.78 is 0. The summed E-state index contributed by atoms with van der Waals surface area (Å²) in [6, 6.07) is 80.7. The van der Waals surface area contributed by atoms with Crippen LogP contribution < -0.4 is 4.90 Å². The molecule has 0 fully saturated rings. The highest BCUT2D eigenvalue weighted by molar-refractivity contribution is 6.09. The minimum Gasteiger partial charge on any atom is -0.310 e. The Hall–Kier alpha value is -7.74. The fraction of sp³-hybridized carbons (Fsp3) is 0.108. The first kappa shape index (κ1) is 37.6. The molecule has 0 saturated carbocycles. The molecule has 4 aliphatic carbocycles. The third-order valence-corrected chi connectivity index (χ3v) is 16.1. The van der Waals surface area contributed by atoms with Crippen molar-refractivity contribution in [2.75, 3.05) is 4.90 Å². The molecule has 0 bridgehead atoms. The average Bonchev–Trinajstić information content (AvgIpc) is 3.99. The van der Waals surface area contributed by atoms with Crippen LogP contribution in [0.4, 0.5) is 17.1 Å². The molecule has 0 heterocycles. The molecule has 14 rings (SSSR count). The van der Waals surface area contributed by atoms with Gasteiger partial charge in [0, 0.05) is 27.6 Å². The summed E-state index contributed by atoms with van der Waals surface area (Å²) in [6.07, 6.45) is 0. The van der Waals surface area contributed by atoms with Crippen molar-refractivity contribution in [2.45, 2.75) is 43.9 Å². The molecule has 10 aromatic carbocycles. The lowest BCUT2D eigenvalue weighted by Gasteiger charge is -2.33. The van der Waals surface area contributed by atoms with Crippen LogP contribution in [0, 0.1) is 0 Å². The molecule has 1 heteroatoms. The maximum atomic E-state index is 2.54. The van der Waals surface area contributed by atoms with Gasteiger partial charge in [-0.3, -0.25) is 0 Å². The summed E-state index contributed by atoms with van der Waals surface area (Å²) in [4.78, 5) is 2.54. The molecule has 0 aromatic heterocycles. The number of benzene rings is 10. The van der Waals surface area contributed by atoms with Gasteiger partial charge in [-0.15, -0.1) is 0 Å². The number of fused-ring (bicyclic) bond motifs is 17. The predicted octanol–water partition coefficient (Wildman–Crippen LogP) is 16.9. The van der Waals surface area contributed by atoms with Gasteiger partial charge in [0.1, 0.15) is 0 Å². The molecule has 0 atom stereocenters. The van der Waals surface area contributed by atoms with E-state index in [0.717, 1.165) is 17.1 Å². The number of nitrogens with zero attached hydrogens (tertiary/aromatic N) is 1. The standard InChI is InChI=1S/C65H47N/c1-63(2)54-27-12-7-19-44(54)49-34-32-40(38-59(49)63)66(41-33-35-50-45-20-8-13-28-55(45)64(3,4)60(50)39-41)61-37-36-43(42-18-5-6-24-51(42)61)52-25-17-26-53-48-23-11-16-31-58(48)65(62(52)53)56-29-14-9-21-46(56)47-22-10-15-30-57(47)65/h5-39H,1-4H3. The van der Waals surface area contributed by atoms with E-state index in [4.69, 9.17) is 0 Å². The molecule has 0 N–H and O–H groups in total. The molecule has 0 unspecified atom stereocenters. The summed E-state index contributed by atoms with van der Waals surface area (Å²) in [7, 11) is 0. The number of anilines is 3. The quantitative estimate of drug-likeness (QED) is 0.171. The van der Waals surface area contributed by atoms with Crippen molar-refractivity contribution in [3.63, 3.8) is 0 Å². The lowest BCUT2D eigenvalue weighted by molar-refractivity contribution is 0.660. The van der Waals surface area contributed by atoms with Gasteiger partial charge >= 0.3 is 0 Å². The van der Waals surface area contributed by atoms with E-state index in [1.165, 1.54) is 111 Å². The van der Waals surface area contributed by atoms with E-state index >= 15 is 0 Å². The van der Waals surface area contributed by atoms with Crippen molar-refractivity contribution < 1.29 is 0 Å². The second-order valence-electron chi connectivity index (χ2n) is 19.9. The van der Waals surface area contributed by atoms with E-state index < -0.39 is 5.41 Å². The zero-order chi connectivity index (χ0) is 44.1. The second-order valence-corrected chi connectivity index (χ2v) is 19.9. The predicted molar refractivity (Wildman–Crippen MR) is 275 cm³/mol. The minimum absolute atomic E-state index is 0.139. The van der Waals surface area contributed by atoms with E-state index in [9.17, 15) is 0 Å². The van der Waals surface area contributed by atoms with Crippen LogP contribution >= 0.6 is 0 Å². The molecule has 66 heavy (non-hydrogen) atoms. The second kappa shape index (κ2) is 13.2. The van der Waals surface area contributed by atoms with Crippen LogP contribution in [0.2, 0.25) is 0 Å². The molecule has 0 radical (unpaired) electrons. The van der Waals surface area contributed by atoms with Gasteiger partial charge in [-0.05, 0) is 136 Å². The van der Waals surface area contributed by atoms with Gasteiger partial charge in [-0.25, -0.2) is 0 Å². The number of rotatable bonds is 4. The Bertz CT molecular complexity index is 3560. The lowest BCUT2D eigenvalue weighted by atomic mass is 9.68. The van der Waals surface area contributed by atoms with Crippen LogP contribution in [0.25, 0.3) is 66.4 Å². The van der Waals surface area contributed by atoms with E-state index in [-0.39, 0.29) is 10.8 Å². The fourth-order valence-electron chi connectivity index (χ4n) is 13.2. The fourth-order valence-corrected chi connectivity index (χ4v) is 13.2. The van der Waals surface area contributed by atoms with Gasteiger partial charge in [-0.2, -0.15) is 0 Å². The van der Waals surface area contributed by atoms with Crippen molar-refractivity contribution >= 4 is 27.8 Å². The van der Waals surface area contributed by atoms with Crippen LogP contribution in [0.3, 0.4) is 0 Å². The Labute approximate surface area is 387 Å². The molecule has 1 spiro atoms. The molecule has 4 aliphatic rings. The Morgan fingerprint density at radius 3 is 1.12 bits per heavy atom. The summed E-state index contributed by atoms with van der Waals surface area (Å²) >= 11 is 0. The largest absolute Gasteiger partial charge is 0.310 e. The third kappa shape index (κ3) is 4.70. The van der Waals surface area contributed by atoms with Crippen molar-refractivity contribution in [1.82, 2.24) is 0 Å². The van der Waals surface area contributed by atoms with Gasteiger partial charge in [0.25, 0.3) is 0 Å². The summed E-state index contributed by atoms with van der Waals surface area (Å²) in [6.45, 7) is 9.54. The molecule has 1 nitrogen and oxygen atoms in total.